The van der Waals surface area contributed by atoms with E-state index in [2.05, 4.69) is 9.80 Å². The summed E-state index contributed by atoms with van der Waals surface area (Å²) in [6.45, 7) is 6.94. The van der Waals surface area contributed by atoms with Crippen LogP contribution < -0.4 is 10.6 Å². The zero-order valence-electron chi connectivity index (χ0n) is 16.7. The van der Waals surface area contributed by atoms with Crippen molar-refractivity contribution in [3.05, 3.63) is 29.8 Å². The molecule has 1 aromatic carbocycles. The van der Waals surface area contributed by atoms with E-state index in [1.54, 1.807) is 29.2 Å². The zero-order chi connectivity index (χ0) is 21.0. The van der Waals surface area contributed by atoms with Gasteiger partial charge in [0.2, 0.25) is 0 Å². The number of aliphatic carboxylic acids is 1. The number of benzene rings is 1. The number of piperazine rings is 1. The fourth-order valence-electron chi connectivity index (χ4n) is 3.78. The third-order valence-corrected chi connectivity index (χ3v) is 5.61. The van der Waals surface area contributed by atoms with E-state index in [0.29, 0.717) is 31.6 Å². The minimum atomic E-state index is -0.732. The first-order valence-corrected chi connectivity index (χ1v) is 9.97. The number of nitrogens with zero attached hydrogens (tertiary/aromatic N) is 3. The summed E-state index contributed by atoms with van der Waals surface area (Å²) in [5.41, 5.74) is 6.81. The summed E-state index contributed by atoms with van der Waals surface area (Å²) in [6, 6.07) is 6.98. The van der Waals surface area contributed by atoms with Crippen LogP contribution in [0.15, 0.2) is 24.3 Å². The van der Waals surface area contributed by atoms with Gasteiger partial charge in [-0.05, 0) is 30.7 Å². The molecule has 0 spiro atoms. The molecule has 0 aromatic heterocycles. The first-order valence-electron chi connectivity index (χ1n) is 9.97. The summed E-state index contributed by atoms with van der Waals surface area (Å²) >= 11 is 0. The largest absolute Gasteiger partial charge is 0.481 e. The van der Waals surface area contributed by atoms with Crippen LogP contribution in [0, 0.1) is 11.3 Å². The van der Waals surface area contributed by atoms with Gasteiger partial charge in [0.25, 0.3) is 0 Å². The van der Waals surface area contributed by atoms with E-state index in [1.807, 2.05) is 6.92 Å². The number of nitrogen functional groups attached to an aromatic ring is 1. The summed E-state index contributed by atoms with van der Waals surface area (Å²) in [6.07, 6.45) is 0.0666. The lowest BCUT2D eigenvalue weighted by atomic mass is 10.1. The summed E-state index contributed by atoms with van der Waals surface area (Å²) in [5, 5.41) is 16.7. The summed E-state index contributed by atoms with van der Waals surface area (Å²) in [5.74, 6) is -1.06. The molecule has 9 nitrogen and oxygen atoms in total. The quantitative estimate of drug-likeness (QED) is 0.437. The molecule has 1 amide bonds. The van der Waals surface area contributed by atoms with Gasteiger partial charge in [-0.3, -0.25) is 24.9 Å². The summed E-state index contributed by atoms with van der Waals surface area (Å²) in [7, 11) is 0. The topological polar surface area (TPSA) is 123 Å². The van der Waals surface area contributed by atoms with Crippen LogP contribution >= 0.6 is 0 Å². The molecule has 0 aliphatic carbocycles. The average molecular weight is 403 g/mol. The van der Waals surface area contributed by atoms with Crippen molar-refractivity contribution < 1.29 is 19.4 Å². The molecule has 158 valence electrons. The summed E-state index contributed by atoms with van der Waals surface area (Å²) < 4.78 is 5.54. The van der Waals surface area contributed by atoms with E-state index in [9.17, 15) is 14.7 Å². The maximum atomic E-state index is 12.3. The number of rotatable bonds is 8. The van der Waals surface area contributed by atoms with E-state index in [4.69, 9.17) is 15.9 Å². The number of carbonyl (C=O) groups is 2. The minimum Gasteiger partial charge on any atom is -0.481 e. The first kappa shape index (κ1) is 21.1. The van der Waals surface area contributed by atoms with Crippen LogP contribution in [0.1, 0.15) is 18.9 Å². The van der Waals surface area contributed by atoms with Crippen LogP contribution in [-0.4, -0.2) is 84.7 Å². The number of nitrogens with one attached hydrogen (secondary N) is 1. The van der Waals surface area contributed by atoms with Crippen molar-refractivity contribution in [3.8, 4) is 0 Å². The zero-order valence-corrected chi connectivity index (χ0v) is 16.7. The van der Waals surface area contributed by atoms with E-state index in [0.717, 1.165) is 31.9 Å². The number of carbonyl (C=O) groups excluding carboxylic acids is 1. The van der Waals surface area contributed by atoms with E-state index in [1.165, 1.54) is 0 Å². The van der Waals surface area contributed by atoms with Crippen LogP contribution in [0.2, 0.25) is 0 Å². The number of nitrogens with two attached hydrogens (primary N) is 1. The molecule has 2 heterocycles. The second-order valence-electron chi connectivity index (χ2n) is 7.62. The van der Waals surface area contributed by atoms with E-state index in [-0.39, 0.29) is 24.0 Å². The normalized spacial score (nSPS) is 21.8. The Morgan fingerprint density at radius 3 is 2.41 bits per heavy atom. The van der Waals surface area contributed by atoms with E-state index >= 15 is 0 Å². The van der Waals surface area contributed by atoms with Crippen molar-refractivity contribution in [2.24, 2.45) is 11.7 Å². The fourth-order valence-corrected chi connectivity index (χ4v) is 3.78. The molecule has 0 bridgehead atoms. The first-order chi connectivity index (χ1) is 13.9. The van der Waals surface area contributed by atoms with Crippen molar-refractivity contribution in [2.75, 3.05) is 50.7 Å². The highest BCUT2D eigenvalue weighted by Gasteiger charge is 2.34. The Labute approximate surface area is 170 Å². The van der Waals surface area contributed by atoms with Crippen molar-refractivity contribution in [3.63, 3.8) is 0 Å². The van der Waals surface area contributed by atoms with Gasteiger partial charge in [0.1, 0.15) is 11.9 Å². The molecular weight excluding hydrogens is 374 g/mol. The third-order valence-electron chi connectivity index (χ3n) is 5.61. The Morgan fingerprint density at radius 1 is 1.24 bits per heavy atom. The second kappa shape index (κ2) is 9.23. The highest BCUT2D eigenvalue weighted by atomic mass is 16.6. The predicted octanol–water partition coefficient (Wildman–Crippen LogP) is 1.02. The average Bonchev–Trinajstić information content (AvgIpc) is 3.07. The molecule has 9 heteroatoms. The number of hydrogen-bond acceptors (Lipinski definition) is 6. The lowest BCUT2D eigenvalue weighted by Gasteiger charge is -2.36. The highest BCUT2D eigenvalue weighted by molar-refractivity contribution is 5.96. The predicted molar refractivity (Wildman–Crippen MR) is 109 cm³/mol. The Kier molecular flexibility index (Phi) is 6.71. The maximum absolute atomic E-state index is 12.3. The third kappa shape index (κ3) is 5.24. The Bertz CT molecular complexity index is 746. The molecule has 2 aliphatic rings. The van der Waals surface area contributed by atoms with Crippen molar-refractivity contribution in [1.82, 2.24) is 9.80 Å². The van der Waals surface area contributed by atoms with Gasteiger partial charge in [-0.15, -0.1) is 0 Å². The monoisotopic (exact) mass is 403 g/mol. The van der Waals surface area contributed by atoms with Crippen molar-refractivity contribution in [1.29, 1.82) is 5.41 Å². The fraction of sp³-hybridized carbons (Fsp3) is 0.550. The maximum Gasteiger partial charge on any atom is 0.414 e. The Morgan fingerprint density at radius 2 is 1.86 bits per heavy atom. The molecule has 2 fully saturated rings. The lowest BCUT2D eigenvalue weighted by molar-refractivity contribution is -0.142. The van der Waals surface area contributed by atoms with Gasteiger partial charge in [-0.2, -0.15) is 0 Å². The number of ether oxygens (including phenoxy) is 1. The smallest absolute Gasteiger partial charge is 0.414 e. The van der Waals surface area contributed by atoms with Crippen LogP contribution in [0.3, 0.4) is 0 Å². The molecule has 0 saturated carbocycles. The van der Waals surface area contributed by atoms with Gasteiger partial charge in [-0.25, -0.2) is 4.79 Å². The number of amidine groups is 1. The molecule has 2 aliphatic heterocycles. The molecule has 2 unspecified atom stereocenters. The molecule has 3 rings (SSSR count). The van der Waals surface area contributed by atoms with Gasteiger partial charge in [0.05, 0.1) is 12.5 Å². The van der Waals surface area contributed by atoms with Crippen molar-refractivity contribution in [2.45, 2.75) is 19.4 Å². The van der Waals surface area contributed by atoms with Crippen LogP contribution in [0.5, 0.6) is 0 Å². The molecule has 2 atom stereocenters. The van der Waals surface area contributed by atoms with Gasteiger partial charge in [0, 0.05) is 50.5 Å². The number of anilines is 1. The van der Waals surface area contributed by atoms with E-state index < -0.39 is 5.97 Å². The molecular formula is C20H29N5O4. The van der Waals surface area contributed by atoms with Gasteiger partial charge >= 0.3 is 12.1 Å². The SMILES string of the molecule is CCC(CN1CCN(CC2CN(c3ccc(C(=N)N)cc3)C(=O)O2)CC1)C(=O)O. The molecule has 4 N–H and O–H groups in total. The number of cyclic esters (lactones) is 1. The van der Waals surface area contributed by atoms with Crippen LogP contribution in [0.4, 0.5) is 10.5 Å². The number of carboxylic acid groups (broad SMARTS) is 1. The number of amides is 1. The van der Waals surface area contributed by atoms with Gasteiger partial charge in [0.15, 0.2) is 0 Å². The molecule has 2 saturated heterocycles. The van der Waals surface area contributed by atoms with Gasteiger partial charge in [-0.1, -0.05) is 6.92 Å². The van der Waals surface area contributed by atoms with Crippen LogP contribution in [0.25, 0.3) is 0 Å². The Hall–Kier alpha value is -2.65. The molecule has 1 aromatic rings. The Balaban J connectivity index is 1.48. The number of hydrogen-bond donors (Lipinski definition) is 3. The van der Waals surface area contributed by atoms with Crippen LogP contribution in [-0.2, 0) is 9.53 Å². The second-order valence-corrected chi connectivity index (χ2v) is 7.62. The molecule has 29 heavy (non-hydrogen) atoms. The van der Waals surface area contributed by atoms with Crippen molar-refractivity contribution >= 4 is 23.6 Å². The number of carboxylic acids is 1. The standard InChI is InChI=1S/C20H29N5O4/c1-2-14(19(26)27)11-23-7-9-24(10-8-23)12-17-13-25(20(28)29-17)16-5-3-15(4-6-16)18(21)22/h3-6,14,17H,2,7-13H2,1H3,(H3,21,22)(H,26,27). The minimum absolute atomic E-state index is 0.00817. The highest BCUT2D eigenvalue weighted by Crippen LogP contribution is 2.23. The van der Waals surface area contributed by atoms with Gasteiger partial charge < -0.3 is 15.6 Å². The lowest BCUT2D eigenvalue weighted by Crippen LogP contribution is -2.50. The summed E-state index contributed by atoms with van der Waals surface area (Å²) in [4.78, 5) is 29.6. The molecule has 0 radical (unpaired) electrons.